The number of halogens is 1. The van der Waals surface area contributed by atoms with Crippen molar-refractivity contribution >= 4 is 34.2 Å². The number of aryl methyl sites for hydroxylation is 2. The zero-order chi connectivity index (χ0) is 18.4. The lowest BCUT2D eigenvalue weighted by Gasteiger charge is -2.19. The fraction of sp³-hybridized carbons (Fsp3) is 0.286. The zero-order valence-corrected chi connectivity index (χ0v) is 15.9. The minimum absolute atomic E-state index is 0.0784. The van der Waals surface area contributed by atoms with E-state index >= 15 is 0 Å². The Morgan fingerprint density at radius 2 is 1.72 bits per heavy atom. The Hall–Kier alpha value is -2.26. The maximum Gasteiger partial charge on any atom is 0.291 e. The van der Waals surface area contributed by atoms with Crippen molar-refractivity contribution in [3.8, 4) is 0 Å². The van der Waals surface area contributed by atoms with Crippen LogP contribution in [0.5, 0.6) is 0 Å². The number of nitrogens with one attached hydrogen (secondary N) is 1. The molecule has 0 bridgehead atoms. The number of carbonyl (C=O) groups is 1. The number of carbonyl (C=O) groups excluding carboxylic acids is 1. The van der Waals surface area contributed by atoms with Crippen molar-refractivity contribution < 1.29 is 9.21 Å². The predicted molar refractivity (Wildman–Crippen MR) is 104 cm³/mol. The van der Waals surface area contributed by atoms with E-state index in [4.69, 9.17) is 16.0 Å². The molecule has 0 fully saturated rings. The molecule has 1 aromatic heterocycles. The van der Waals surface area contributed by atoms with E-state index in [1.165, 1.54) is 5.56 Å². The number of amides is 1. The molecule has 25 heavy (non-hydrogen) atoms. The summed E-state index contributed by atoms with van der Waals surface area (Å²) in [6.07, 6.45) is 0. The lowest BCUT2D eigenvalue weighted by molar-refractivity contribution is 0.0998. The van der Waals surface area contributed by atoms with Gasteiger partial charge in [0.2, 0.25) is 0 Å². The van der Waals surface area contributed by atoms with Gasteiger partial charge in [0, 0.05) is 21.7 Å². The van der Waals surface area contributed by atoms with Crippen molar-refractivity contribution in [3.63, 3.8) is 0 Å². The highest BCUT2D eigenvalue weighted by Gasteiger charge is 2.19. The third-order valence-corrected chi connectivity index (χ3v) is 4.84. The molecule has 3 nitrogen and oxygen atoms in total. The van der Waals surface area contributed by atoms with E-state index in [9.17, 15) is 4.79 Å². The summed E-state index contributed by atoms with van der Waals surface area (Å²) in [5, 5.41) is 4.43. The molecule has 0 saturated carbocycles. The minimum atomic E-state index is -0.258. The third kappa shape index (κ3) is 3.42. The Morgan fingerprint density at radius 3 is 2.32 bits per heavy atom. The molecule has 130 valence electrons. The number of hydrogen-bond acceptors (Lipinski definition) is 2. The first-order chi connectivity index (χ1) is 11.7. The van der Waals surface area contributed by atoms with Crippen LogP contribution in [0, 0.1) is 13.8 Å². The summed E-state index contributed by atoms with van der Waals surface area (Å²) in [4.78, 5) is 12.6. The Balaban J connectivity index is 1.89. The maximum absolute atomic E-state index is 12.6. The molecule has 1 amide bonds. The van der Waals surface area contributed by atoms with E-state index in [1.807, 2.05) is 50.2 Å². The van der Waals surface area contributed by atoms with Gasteiger partial charge in [0.25, 0.3) is 5.91 Å². The van der Waals surface area contributed by atoms with Gasteiger partial charge < -0.3 is 9.73 Å². The van der Waals surface area contributed by atoms with Crippen molar-refractivity contribution in [2.75, 3.05) is 5.32 Å². The first-order valence-electron chi connectivity index (χ1n) is 8.28. The summed E-state index contributed by atoms with van der Waals surface area (Å²) >= 11 is 6.19. The second-order valence-electron chi connectivity index (χ2n) is 7.44. The summed E-state index contributed by atoms with van der Waals surface area (Å²) < 4.78 is 5.78. The van der Waals surface area contributed by atoms with Crippen molar-refractivity contribution in [2.24, 2.45) is 0 Å². The highest BCUT2D eigenvalue weighted by molar-refractivity contribution is 6.32. The largest absolute Gasteiger partial charge is 0.451 e. The highest BCUT2D eigenvalue weighted by atomic mass is 35.5. The SMILES string of the molecule is Cc1cc2oc(C(=O)Nc3ccc(C(C)(C)C)cc3)c(C)c2cc1Cl. The van der Waals surface area contributed by atoms with E-state index in [0.29, 0.717) is 16.4 Å². The van der Waals surface area contributed by atoms with Gasteiger partial charge in [-0.1, -0.05) is 44.5 Å². The number of benzene rings is 2. The molecule has 0 aliphatic rings. The van der Waals surface area contributed by atoms with Gasteiger partial charge in [-0.05, 0) is 54.7 Å². The smallest absolute Gasteiger partial charge is 0.291 e. The van der Waals surface area contributed by atoms with Gasteiger partial charge >= 0.3 is 0 Å². The molecule has 0 radical (unpaired) electrons. The van der Waals surface area contributed by atoms with Gasteiger partial charge in [-0.15, -0.1) is 0 Å². The Kier molecular flexibility index (Phi) is 4.38. The molecule has 0 saturated heterocycles. The fourth-order valence-corrected chi connectivity index (χ4v) is 2.96. The van der Waals surface area contributed by atoms with Crippen LogP contribution in [-0.4, -0.2) is 5.91 Å². The third-order valence-electron chi connectivity index (χ3n) is 4.43. The Morgan fingerprint density at radius 1 is 1.08 bits per heavy atom. The molecule has 0 aliphatic carbocycles. The van der Waals surface area contributed by atoms with Gasteiger partial charge in [0.05, 0.1) is 0 Å². The monoisotopic (exact) mass is 355 g/mol. The fourth-order valence-electron chi connectivity index (χ4n) is 2.80. The number of fused-ring (bicyclic) bond motifs is 1. The molecule has 4 heteroatoms. The number of anilines is 1. The zero-order valence-electron chi connectivity index (χ0n) is 15.2. The normalized spacial score (nSPS) is 11.8. The van der Waals surface area contributed by atoms with Crippen LogP contribution in [0.25, 0.3) is 11.0 Å². The van der Waals surface area contributed by atoms with E-state index in [0.717, 1.165) is 22.2 Å². The van der Waals surface area contributed by atoms with E-state index in [2.05, 4.69) is 26.1 Å². The van der Waals surface area contributed by atoms with Gasteiger partial charge in [-0.25, -0.2) is 0 Å². The van der Waals surface area contributed by atoms with Gasteiger partial charge in [-0.3, -0.25) is 4.79 Å². The molecule has 0 spiro atoms. The van der Waals surface area contributed by atoms with Crippen LogP contribution in [0.3, 0.4) is 0 Å². The van der Waals surface area contributed by atoms with Crippen LogP contribution in [0.1, 0.15) is 48.0 Å². The highest BCUT2D eigenvalue weighted by Crippen LogP contribution is 2.31. The van der Waals surface area contributed by atoms with Crippen molar-refractivity contribution in [2.45, 2.75) is 40.0 Å². The van der Waals surface area contributed by atoms with Crippen LogP contribution < -0.4 is 5.32 Å². The van der Waals surface area contributed by atoms with E-state index < -0.39 is 0 Å². The van der Waals surface area contributed by atoms with Gasteiger partial charge in [0.1, 0.15) is 5.58 Å². The standard InChI is InChI=1S/C21H22ClNO2/c1-12-10-18-16(11-17(12)22)13(2)19(25-18)20(24)23-15-8-6-14(7-9-15)21(3,4)5/h6-11H,1-5H3,(H,23,24). The molecule has 3 aromatic rings. The second kappa shape index (κ2) is 6.23. The molecule has 0 unspecified atom stereocenters. The van der Waals surface area contributed by atoms with Crippen molar-refractivity contribution in [1.82, 2.24) is 0 Å². The topological polar surface area (TPSA) is 42.2 Å². The summed E-state index contributed by atoms with van der Waals surface area (Å²) in [5.41, 5.74) is 4.43. The average Bonchev–Trinajstić information content (AvgIpc) is 2.84. The molecular weight excluding hydrogens is 334 g/mol. The van der Waals surface area contributed by atoms with Crippen LogP contribution in [0.15, 0.2) is 40.8 Å². The quantitative estimate of drug-likeness (QED) is 0.590. The van der Waals surface area contributed by atoms with Crippen molar-refractivity contribution in [1.29, 1.82) is 0 Å². The number of rotatable bonds is 2. The van der Waals surface area contributed by atoms with Crippen LogP contribution in [-0.2, 0) is 5.41 Å². The number of furan rings is 1. The van der Waals surface area contributed by atoms with Crippen LogP contribution >= 0.6 is 11.6 Å². The summed E-state index contributed by atoms with van der Waals surface area (Å²) in [5.74, 6) is 0.0579. The van der Waals surface area contributed by atoms with Gasteiger partial charge in [0.15, 0.2) is 5.76 Å². The molecule has 1 heterocycles. The van der Waals surface area contributed by atoms with Crippen molar-refractivity contribution in [3.05, 3.63) is 63.9 Å². The lowest BCUT2D eigenvalue weighted by Crippen LogP contribution is -2.13. The minimum Gasteiger partial charge on any atom is -0.451 e. The lowest BCUT2D eigenvalue weighted by atomic mass is 9.87. The Labute approximate surface area is 153 Å². The van der Waals surface area contributed by atoms with E-state index in [-0.39, 0.29) is 11.3 Å². The predicted octanol–water partition coefficient (Wildman–Crippen LogP) is 6.25. The molecule has 2 aromatic carbocycles. The van der Waals surface area contributed by atoms with E-state index in [1.54, 1.807) is 0 Å². The summed E-state index contributed by atoms with van der Waals surface area (Å²) in [6, 6.07) is 11.6. The maximum atomic E-state index is 12.6. The first kappa shape index (κ1) is 17.6. The average molecular weight is 356 g/mol. The first-order valence-corrected chi connectivity index (χ1v) is 8.66. The summed E-state index contributed by atoms with van der Waals surface area (Å²) in [6.45, 7) is 10.3. The number of hydrogen-bond donors (Lipinski definition) is 1. The summed E-state index contributed by atoms with van der Waals surface area (Å²) in [7, 11) is 0. The van der Waals surface area contributed by atoms with Gasteiger partial charge in [-0.2, -0.15) is 0 Å². The molecule has 0 aliphatic heterocycles. The molecular formula is C21H22ClNO2. The Bertz CT molecular complexity index is 947. The second-order valence-corrected chi connectivity index (χ2v) is 7.84. The van der Waals surface area contributed by atoms with Crippen LogP contribution in [0.4, 0.5) is 5.69 Å². The molecule has 0 atom stereocenters. The molecule has 3 rings (SSSR count). The van der Waals surface area contributed by atoms with Crippen LogP contribution in [0.2, 0.25) is 5.02 Å². The molecule has 1 N–H and O–H groups in total.